The van der Waals surface area contributed by atoms with Gasteiger partial charge in [-0.05, 0) is 39.2 Å². The van der Waals surface area contributed by atoms with E-state index in [0.29, 0.717) is 12.0 Å². The second-order valence-electron chi connectivity index (χ2n) is 5.67. The highest BCUT2D eigenvalue weighted by Crippen LogP contribution is 2.45. The van der Waals surface area contributed by atoms with Gasteiger partial charge in [0.2, 0.25) is 0 Å². The second kappa shape index (κ2) is 3.59. The molecule has 1 aromatic rings. The van der Waals surface area contributed by atoms with E-state index in [1.54, 1.807) is 0 Å². The van der Waals surface area contributed by atoms with Crippen molar-refractivity contribution < 1.29 is 0 Å². The lowest BCUT2D eigenvalue weighted by molar-refractivity contribution is -0.0601. The first kappa shape index (κ1) is 10.3. The van der Waals surface area contributed by atoms with E-state index >= 15 is 0 Å². The van der Waals surface area contributed by atoms with Gasteiger partial charge in [0.25, 0.3) is 0 Å². The maximum atomic E-state index is 4.56. The lowest BCUT2D eigenvalue weighted by Crippen LogP contribution is -2.62. The third kappa shape index (κ3) is 1.49. The van der Waals surface area contributed by atoms with E-state index in [9.17, 15) is 0 Å². The van der Waals surface area contributed by atoms with Crippen LogP contribution in [0.5, 0.6) is 0 Å². The molecule has 1 saturated carbocycles. The summed E-state index contributed by atoms with van der Waals surface area (Å²) in [5.74, 6) is 0.708. The van der Waals surface area contributed by atoms with Gasteiger partial charge in [-0.2, -0.15) is 5.10 Å². The number of piperidine rings is 1. The molecule has 1 aromatic heterocycles. The Labute approximate surface area is 97.4 Å². The highest BCUT2D eigenvalue weighted by molar-refractivity contribution is 5.14. The Kier molecular flexibility index (Phi) is 2.32. The van der Waals surface area contributed by atoms with Crippen LogP contribution in [0.3, 0.4) is 0 Å². The number of fused-ring (bicyclic) bond motifs is 2. The molecule has 2 atom stereocenters. The SMILES string of the molecule is CC(C)N1C2CC(c3ccn(C)n3)CC1C2. The average molecular weight is 219 g/mol. The molecule has 2 unspecified atom stereocenters. The van der Waals surface area contributed by atoms with Crippen molar-refractivity contribution in [2.24, 2.45) is 7.05 Å². The molecule has 16 heavy (non-hydrogen) atoms. The van der Waals surface area contributed by atoms with Crippen LogP contribution in [-0.4, -0.2) is 32.8 Å². The standard InChI is InChI=1S/C13H21N3/c1-9(2)16-11-6-10(7-12(16)8-11)13-4-5-15(3)14-13/h4-5,9-12H,6-8H2,1-3H3. The number of nitrogens with zero attached hydrogens (tertiary/aromatic N) is 3. The molecule has 3 nitrogen and oxygen atoms in total. The summed E-state index contributed by atoms with van der Waals surface area (Å²) in [7, 11) is 2.01. The molecule has 0 spiro atoms. The highest BCUT2D eigenvalue weighted by atomic mass is 15.3. The number of rotatable bonds is 2. The van der Waals surface area contributed by atoms with Gasteiger partial charge in [-0.1, -0.05) is 0 Å². The maximum Gasteiger partial charge on any atom is 0.0656 e. The quantitative estimate of drug-likeness (QED) is 0.760. The molecular formula is C13H21N3. The summed E-state index contributed by atoms with van der Waals surface area (Å²) >= 11 is 0. The van der Waals surface area contributed by atoms with Crippen LogP contribution in [0.1, 0.15) is 44.7 Å². The van der Waals surface area contributed by atoms with Gasteiger partial charge in [-0.25, -0.2) is 0 Å². The zero-order valence-electron chi connectivity index (χ0n) is 10.4. The number of hydrogen-bond donors (Lipinski definition) is 0. The molecule has 3 heterocycles. The van der Waals surface area contributed by atoms with Gasteiger partial charge in [-0.15, -0.1) is 0 Å². The van der Waals surface area contributed by atoms with Crippen molar-refractivity contribution in [2.45, 2.75) is 57.2 Å². The van der Waals surface area contributed by atoms with Crippen LogP contribution in [0.15, 0.2) is 12.3 Å². The molecule has 0 radical (unpaired) electrons. The first-order valence-electron chi connectivity index (χ1n) is 6.42. The van der Waals surface area contributed by atoms with E-state index in [0.717, 1.165) is 12.1 Å². The molecule has 0 amide bonds. The molecule has 88 valence electrons. The van der Waals surface area contributed by atoms with Crippen molar-refractivity contribution in [3.63, 3.8) is 0 Å². The lowest BCUT2D eigenvalue weighted by Gasteiger charge is -2.57. The average Bonchev–Trinajstić information content (AvgIpc) is 2.64. The molecule has 2 saturated heterocycles. The molecule has 3 heteroatoms. The number of aromatic nitrogens is 2. The summed E-state index contributed by atoms with van der Waals surface area (Å²) in [6, 6.07) is 4.56. The molecular weight excluding hydrogens is 198 g/mol. The number of aryl methyl sites for hydroxylation is 1. The summed E-state index contributed by atoms with van der Waals surface area (Å²) in [5.41, 5.74) is 1.31. The Morgan fingerprint density at radius 1 is 1.25 bits per heavy atom. The number of hydrogen-bond acceptors (Lipinski definition) is 2. The van der Waals surface area contributed by atoms with Gasteiger partial charge in [0, 0.05) is 37.3 Å². The Bertz CT molecular complexity index is 370. The molecule has 4 rings (SSSR count). The van der Waals surface area contributed by atoms with Crippen molar-refractivity contribution in [3.8, 4) is 0 Å². The maximum absolute atomic E-state index is 4.56. The topological polar surface area (TPSA) is 21.1 Å². The van der Waals surface area contributed by atoms with Gasteiger partial charge < -0.3 is 0 Å². The molecule has 2 bridgehead atoms. The van der Waals surface area contributed by atoms with E-state index in [-0.39, 0.29) is 0 Å². The van der Waals surface area contributed by atoms with Crippen LogP contribution in [0.25, 0.3) is 0 Å². The first-order valence-corrected chi connectivity index (χ1v) is 6.42. The van der Waals surface area contributed by atoms with Gasteiger partial charge in [-0.3, -0.25) is 9.58 Å². The summed E-state index contributed by atoms with van der Waals surface area (Å²) in [4.78, 5) is 2.69. The van der Waals surface area contributed by atoms with E-state index < -0.39 is 0 Å². The molecule has 0 N–H and O–H groups in total. The smallest absolute Gasteiger partial charge is 0.0656 e. The van der Waals surface area contributed by atoms with Gasteiger partial charge in [0.1, 0.15) is 0 Å². The minimum absolute atomic E-state index is 0.708. The normalized spacial score (nSPS) is 34.1. The molecule has 1 aliphatic carbocycles. The van der Waals surface area contributed by atoms with Gasteiger partial charge in [0.05, 0.1) is 5.69 Å². The molecule has 3 fully saturated rings. The van der Waals surface area contributed by atoms with Crippen molar-refractivity contribution in [3.05, 3.63) is 18.0 Å². The lowest BCUT2D eigenvalue weighted by atomic mass is 9.72. The minimum atomic E-state index is 0.708. The van der Waals surface area contributed by atoms with Crippen molar-refractivity contribution in [1.29, 1.82) is 0 Å². The summed E-state index contributed by atoms with van der Waals surface area (Å²) in [5, 5.41) is 4.56. The van der Waals surface area contributed by atoms with Crippen LogP contribution in [0.2, 0.25) is 0 Å². The summed E-state index contributed by atoms with van der Waals surface area (Å²) in [6.07, 6.45) is 6.11. The third-order valence-electron chi connectivity index (χ3n) is 4.25. The predicted molar refractivity (Wildman–Crippen MR) is 64.4 cm³/mol. The van der Waals surface area contributed by atoms with E-state index in [1.165, 1.54) is 25.0 Å². The van der Waals surface area contributed by atoms with E-state index in [4.69, 9.17) is 0 Å². The third-order valence-corrected chi connectivity index (χ3v) is 4.25. The fourth-order valence-electron chi connectivity index (χ4n) is 3.64. The Balaban J connectivity index is 1.71. The van der Waals surface area contributed by atoms with Gasteiger partial charge in [0.15, 0.2) is 0 Å². The van der Waals surface area contributed by atoms with Crippen LogP contribution in [0, 0.1) is 0 Å². The van der Waals surface area contributed by atoms with Crippen molar-refractivity contribution >= 4 is 0 Å². The van der Waals surface area contributed by atoms with Crippen molar-refractivity contribution in [2.75, 3.05) is 0 Å². The second-order valence-corrected chi connectivity index (χ2v) is 5.67. The predicted octanol–water partition coefficient (Wildman–Crippen LogP) is 2.15. The van der Waals surface area contributed by atoms with Crippen LogP contribution < -0.4 is 0 Å². The summed E-state index contributed by atoms with van der Waals surface area (Å²) in [6.45, 7) is 4.64. The molecule has 3 aliphatic rings. The van der Waals surface area contributed by atoms with E-state index in [1.807, 2.05) is 11.7 Å². The Hall–Kier alpha value is -0.830. The fraction of sp³-hybridized carbons (Fsp3) is 0.769. The molecule has 0 aromatic carbocycles. The summed E-state index contributed by atoms with van der Waals surface area (Å²) < 4.78 is 1.93. The van der Waals surface area contributed by atoms with E-state index in [2.05, 4.69) is 36.1 Å². The van der Waals surface area contributed by atoms with Crippen LogP contribution in [-0.2, 0) is 7.05 Å². The molecule has 2 aliphatic heterocycles. The van der Waals surface area contributed by atoms with Crippen LogP contribution in [0.4, 0.5) is 0 Å². The monoisotopic (exact) mass is 219 g/mol. The highest BCUT2D eigenvalue weighted by Gasteiger charge is 2.46. The fourth-order valence-corrected chi connectivity index (χ4v) is 3.64. The van der Waals surface area contributed by atoms with Crippen LogP contribution >= 0.6 is 0 Å². The Morgan fingerprint density at radius 2 is 1.94 bits per heavy atom. The first-order chi connectivity index (χ1) is 7.65. The largest absolute Gasteiger partial charge is 0.295 e. The zero-order chi connectivity index (χ0) is 11.3. The minimum Gasteiger partial charge on any atom is -0.295 e. The van der Waals surface area contributed by atoms with Gasteiger partial charge >= 0.3 is 0 Å². The zero-order valence-corrected chi connectivity index (χ0v) is 10.4. The van der Waals surface area contributed by atoms with Crippen molar-refractivity contribution in [1.82, 2.24) is 14.7 Å². The Morgan fingerprint density at radius 3 is 2.44 bits per heavy atom.